The van der Waals surface area contributed by atoms with E-state index in [1.807, 2.05) is 37.3 Å². The van der Waals surface area contributed by atoms with Gasteiger partial charge in [-0.05, 0) is 26.0 Å². The minimum Gasteiger partial charge on any atom is -0.431 e. The summed E-state index contributed by atoms with van der Waals surface area (Å²) in [5.74, 6) is 0.396. The summed E-state index contributed by atoms with van der Waals surface area (Å²) < 4.78 is 5.54. The standard InChI is InChI=1S/C14H17N3O2/c1-9(8-15)16-13(18)12-10(2)17-14(19-12)11-6-4-3-5-7-11/h3-7,9H,8,15H2,1-2H3,(H,16,18)/t9-/m0/s1. The first-order chi connectivity index (χ1) is 9.11. The number of aryl methyl sites for hydroxylation is 1. The van der Waals surface area contributed by atoms with Crippen LogP contribution < -0.4 is 11.1 Å². The van der Waals surface area contributed by atoms with Crippen LogP contribution in [0.15, 0.2) is 34.7 Å². The van der Waals surface area contributed by atoms with Gasteiger partial charge in [-0.15, -0.1) is 0 Å². The Morgan fingerprint density at radius 1 is 1.42 bits per heavy atom. The molecule has 1 heterocycles. The second kappa shape index (κ2) is 5.67. The Bertz CT molecular complexity index is 563. The first-order valence-electron chi connectivity index (χ1n) is 6.15. The van der Waals surface area contributed by atoms with Gasteiger partial charge in [-0.25, -0.2) is 4.98 Å². The summed E-state index contributed by atoms with van der Waals surface area (Å²) in [6, 6.07) is 9.37. The van der Waals surface area contributed by atoms with Gasteiger partial charge in [0.25, 0.3) is 5.91 Å². The van der Waals surface area contributed by atoms with Gasteiger partial charge in [0.1, 0.15) is 0 Å². The number of carbonyl (C=O) groups excluding carboxylic acids is 1. The lowest BCUT2D eigenvalue weighted by Gasteiger charge is -2.09. The molecule has 0 bridgehead atoms. The fourth-order valence-electron chi connectivity index (χ4n) is 1.66. The van der Waals surface area contributed by atoms with E-state index >= 15 is 0 Å². The molecule has 0 aliphatic carbocycles. The SMILES string of the molecule is Cc1nc(-c2ccccc2)oc1C(=O)N[C@@H](C)CN. The Morgan fingerprint density at radius 2 is 2.11 bits per heavy atom. The van der Waals surface area contributed by atoms with Crippen molar-refractivity contribution in [2.24, 2.45) is 5.73 Å². The monoisotopic (exact) mass is 259 g/mol. The van der Waals surface area contributed by atoms with E-state index < -0.39 is 0 Å². The van der Waals surface area contributed by atoms with Crippen molar-refractivity contribution in [3.05, 3.63) is 41.8 Å². The number of hydrogen-bond acceptors (Lipinski definition) is 4. The third kappa shape index (κ3) is 3.00. The highest BCUT2D eigenvalue weighted by Crippen LogP contribution is 2.21. The lowest BCUT2D eigenvalue weighted by Crippen LogP contribution is -2.37. The molecule has 1 amide bonds. The van der Waals surface area contributed by atoms with Crippen LogP contribution in [0.3, 0.4) is 0 Å². The molecule has 0 saturated heterocycles. The number of benzene rings is 1. The van der Waals surface area contributed by atoms with E-state index in [2.05, 4.69) is 10.3 Å². The fraction of sp³-hybridized carbons (Fsp3) is 0.286. The predicted octanol–water partition coefficient (Wildman–Crippen LogP) is 1.73. The summed E-state index contributed by atoms with van der Waals surface area (Å²) in [7, 11) is 0. The van der Waals surface area contributed by atoms with Crippen LogP contribution in [-0.4, -0.2) is 23.5 Å². The zero-order valence-electron chi connectivity index (χ0n) is 11.0. The highest BCUT2D eigenvalue weighted by atomic mass is 16.4. The molecule has 1 atom stereocenters. The third-order valence-corrected chi connectivity index (χ3v) is 2.75. The lowest BCUT2D eigenvalue weighted by molar-refractivity contribution is 0.0913. The van der Waals surface area contributed by atoms with Crippen LogP contribution in [0.5, 0.6) is 0 Å². The maximum atomic E-state index is 12.0. The second-order valence-corrected chi connectivity index (χ2v) is 4.41. The van der Waals surface area contributed by atoms with Crippen molar-refractivity contribution in [2.45, 2.75) is 19.9 Å². The van der Waals surface area contributed by atoms with Crippen molar-refractivity contribution < 1.29 is 9.21 Å². The van der Waals surface area contributed by atoms with Crippen molar-refractivity contribution in [2.75, 3.05) is 6.54 Å². The van der Waals surface area contributed by atoms with Crippen LogP contribution in [-0.2, 0) is 0 Å². The van der Waals surface area contributed by atoms with Gasteiger partial charge in [-0.2, -0.15) is 0 Å². The minimum atomic E-state index is -0.287. The van der Waals surface area contributed by atoms with Crippen LogP contribution in [0.25, 0.3) is 11.5 Å². The van der Waals surface area contributed by atoms with E-state index in [-0.39, 0.29) is 17.7 Å². The smallest absolute Gasteiger partial charge is 0.289 e. The molecule has 0 fully saturated rings. The Kier molecular flexibility index (Phi) is 3.97. The molecule has 1 aromatic heterocycles. The number of oxazole rings is 1. The first-order valence-corrected chi connectivity index (χ1v) is 6.15. The average molecular weight is 259 g/mol. The highest BCUT2D eigenvalue weighted by Gasteiger charge is 2.19. The van der Waals surface area contributed by atoms with Gasteiger partial charge in [0.15, 0.2) is 0 Å². The zero-order valence-corrected chi connectivity index (χ0v) is 11.0. The molecular weight excluding hydrogens is 242 g/mol. The maximum absolute atomic E-state index is 12.0. The van der Waals surface area contributed by atoms with E-state index in [9.17, 15) is 4.79 Å². The van der Waals surface area contributed by atoms with E-state index in [0.717, 1.165) is 5.56 Å². The molecule has 5 heteroatoms. The molecule has 1 aromatic carbocycles. The minimum absolute atomic E-state index is 0.0998. The van der Waals surface area contributed by atoms with Crippen LogP contribution in [0, 0.1) is 6.92 Å². The molecule has 19 heavy (non-hydrogen) atoms. The molecule has 0 spiro atoms. The van der Waals surface area contributed by atoms with Gasteiger partial charge >= 0.3 is 0 Å². The number of aromatic nitrogens is 1. The summed E-state index contributed by atoms with van der Waals surface area (Å²) >= 11 is 0. The quantitative estimate of drug-likeness (QED) is 0.876. The fourth-order valence-corrected chi connectivity index (χ4v) is 1.66. The molecule has 0 saturated carbocycles. The molecule has 100 valence electrons. The van der Waals surface area contributed by atoms with E-state index in [1.54, 1.807) is 6.92 Å². The van der Waals surface area contributed by atoms with Crippen molar-refractivity contribution in [3.63, 3.8) is 0 Å². The van der Waals surface area contributed by atoms with Gasteiger partial charge in [0.2, 0.25) is 11.7 Å². The zero-order chi connectivity index (χ0) is 13.8. The normalized spacial score (nSPS) is 12.2. The number of nitrogens with two attached hydrogens (primary N) is 1. The van der Waals surface area contributed by atoms with Crippen LogP contribution >= 0.6 is 0 Å². The van der Waals surface area contributed by atoms with Crippen LogP contribution in [0.4, 0.5) is 0 Å². The maximum Gasteiger partial charge on any atom is 0.289 e. The molecule has 3 N–H and O–H groups in total. The molecule has 0 radical (unpaired) electrons. The summed E-state index contributed by atoms with van der Waals surface area (Å²) in [5.41, 5.74) is 6.89. The van der Waals surface area contributed by atoms with Gasteiger partial charge in [-0.1, -0.05) is 18.2 Å². The van der Waals surface area contributed by atoms with Crippen molar-refractivity contribution >= 4 is 5.91 Å². The van der Waals surface area contributed by atoms with Gasteiger partial charge in [-0.3, -0.25) is 4.79 Å². The first kappa shape index (κ1) is 13.3. The summed E-state index contributed by atoms with van der Waals surface area (Å²) in [6.07, 6.45) is 0. The Morgan fingerprint density at radius 3 is 2.74 bits per heavy atom. The van der Waals surface area contributed by atoms with Gasteiger partial charge in [0, 0.05) is 18.2 Å². The Hall–Kier alpha value is -2.14. The molecule has 0 aliphatic heterocycles. The summed E-state index contributed by atoms with van der Waals surface area (Å²) in [5, 5.41) is 2.75. The number of rotatable bonds is 4. The summed E-state index contributed by atoms with van der Waals surface area (Å²) in [6.45, 7) is 3.96. The van der Waals surface area contributed by atoms with Crippen LogP contribution in [0.1, 0.15) is 23.2 Å². The Labute approximate surface area is 111 Å². The van der Waals surface area contributed by atoms with Gasteiger partial charge < -0.3 is 15.5 Å². The number of carbonyl (C=O) groups is 1. The topological polar surface area (TPSA) is 81.2 Å². The number of nitrogens with zero attached hydrogens (tertiary/aromatic N) is 1. The lowest BCUT2D eigenvalue weighted by atomic mass is 10.2. The van der Waals surface area contributed by atoms with Crippen molar-refractivity contribution in [1.82, 2.24) is 10.3 Å². The third-order valence-electron chi connectivity index (χ3n) is 2.75. The van der Waals surface area contributed by atoms with Crippen LogP contribution in [0.2, 0.25) is 0 Å². The van der Waals surface area contributed by atoms with Gasteiger partial charge in [0.05, 0.1) is 5.69 Å². The largest absolute Gasteiger partial charge is 0.431 e. The van der Waals surface area contributed by atoms with E-state index in [4.69, 9.17) is 10.2 Å². The molecule has 0 aliphatic rings. The number of hydrogen-bond donors (Lipinski definition) is 2. The average Bonchev–Trinajstić information content (AvgIpc) is 2.81. The number of amides is 1. The molecular formula is C14H17N3O2. The molecule has 5 nitrogen and oxygen atoms in total. The molecule has 2 aromatic rings. The summed E-state index contributed by atoms with van der Waals surface area (Å²) in [4.78, 5) is 16.3. The highest BCUT2D eigenvalue weighted by molar-refractivity contribution is 5.93. The Balaban J connectivity index is 2.24. The second-order valence-electron chi connectivity index (χ2n) is 4.41. The molecule has 0 unspecified atom stereocenters. The molecule has 2 rings (SSSR count). The van der Waals surface area contributed by atoms with Crippen molar-refractivity contribution in [1.29, 1.82) is 0 Å². The predicted molar refractivity (Wildman–Crippen MR) is 72.7 cm³/mol. The number of nitrogens with one attached hydrogen (secondary N) is 1. The van der Waals surface area contributed by atoms with E-state index in [0.29, 0.717) is 18.1 Å². The van der Waals surface area contributed by atoms with E-state index in [1.165, 1.54) is 0 Å². The van der Waals surface area contributed by atoms with Crippen molar-refractivity contribution in [3.8, 4) is 11.5 Å².